The van der Waals surface area contributed by atoms with Crippen LogP contribution in [0.2, 0.25) is 0 Å². The van der Waals surface area contributed by atoms with Crippen LogP contribution in [0.25, 0.3) is 22.5 Å². The van der Waals surface area contributed by atoms with Gasteiger partial charge in [-0.2, -0.15) is 0 Å². The molecule has 1 aliphatic heterocycles. The van der Waals surface area contributed by atoms with Crippen molar-refractivity contribution >= 4 is 22.4 Å². The van der Waals surface area contributed by atoms with Crippen molar-refractivity contribution in [1.29, 1.82) is 0 Å². The zero-order chi connectivity index (χ0) is 23.0. The molecule has 9 heteroatoms. The van der Waals surface area contributed by atoms with E-state index in [0.717, 1.165) is 16.7 Å². The van der Waals surface area contributed by atoms with Gasteiger partial charge in [0.1, 0.15) is 11.3 Å². The maximum absolute atomic E-state index is 12.5. The molecule has 3 aromatic rings. The lowest BCUT2D eigenvalue weighted by atomic mass is 9.86. The molecule has 0 fully saturated rings. The molecule has 1 aromatic carbocycles. The first kappa shape index (κ1) is 22.0. The highest BCUT2D eigenvalue weighted by Crippen LogP contribution is 2.43. The number of benzene rings is 1. The summed E-state index contributed by atoms with van der Waals surface area (Å²) in [6.45, 7) is 4.53. The summed E-state index contributed by atoms with van der Waals surface area (Å²) >= 11 is 1.32. The van der Waals surface area contributed by atoms with E-state index in [1.165, 1.54) is 23.6 Å². The highest BCUT2D eigenvalue weighted by Gasteiger charge is 2.29. The van der Waals surface area contributed by atoms with Gasteiger partial charge in [0.25, 0.3) is 0 Å². The molecule has 1 unspecified atom stereocenters. The molecule has 0 saturated heterocycles. The summed E-state index contributed by atoms with van der Waals surface area (Å²) in [5.74, 6) is -0.379. The SMILES string of the molecule is CC(C)C1Cc2cc(OCCCO)c(-c3csc(N)n3)cc2-c2cc(=O)c(C(=O)O)cn21. The highest BCUT2D eigenvalue weighted by molar-refractivity contribution is 7.13. The fraction of sp³-hybridized carbons (Fsp3) is 0.348. The van der Waals surface area contributed by atoms with Crippen LogP contribution < -0.4 is 15.9 Å². The number of nitrogens with zero attached hydrogens (tertiary/aromatic N) is 2. The first-order chi connectivity index (χ1) is 15.3. The van der Waals surface area contributed by atoms with Crippen molar-refractivity contribution < 1.29 is 19.7 Å². The van der Waals surface area contributed by atoms with E-state index in [9.17, 15) is 14.7 Å². The summed E-state index contributed by atoms with van der Waals surface area (Å²) in [5, 5.41) is 20.9. The number of thiazole rings is 1. The molecule has 0 radical (unpaired) electrons. The number of fused-ring (bicyclic) bond motifs is 3. The largest absolute Gasteiger partial charge is 0.493 e. The van der Waals surface area contributed by atoms with E-state index in [-0.39, 0.29) is 24.1 Å². The second-order valence-electron chi connectivity index (χ2n) is 8.17. The molecule has 0 aliphatic carbocycles. The molecule has 168 valence electrons. The molecule has 4 rings (SSSR count). The van der Waals surface area contributed by atoms with Gasteiger partial charge in [0.05, 0.1) is 18.0 Å². The molecule has 0 amide bonds. The number of aliphatic hydroxyl groups excluding tert-OH is 1. The van der Waals surface area contributed by atoms with Crippen LogP contribution >= 0.6 is 11.3 Å². The second kappa shape index (κ2) is 8.76. The molecule has 1 aliphatic rings. The van der Waals surface area contributed by atoms with Crippen LogP contribution in [0.4, 0.5) is 5.13 Å². The van der Waals surface area contributed by atoms with E-state index in [0.29, 0.717) is 41.7 Å². The Morgan fingerprint density at radius 1 is 1.34 bits per heavy atom. The van der Waals surface area contributed by atoms with Crippen LogP contribution in [-0.4, -0.2) is 38.9 Å². The van der Waals surface area contributed by atoms with E-state index >= 15 is 0 Å². The van der Waals surface area contributed by atoms with Crippen LogP contribution in [-0.2, 0) is 6.42 Å². The van der Waals surface area contributed by atoms with Gasteiger partial charge in [-0.3, -0.25) is 4.79 Å². The molecular weight excluding hydrogens is 430 g/mol. The topological polar surface area (TPSA) is 128 Å². The number of anilines is 1. The lowest BCUT2D eigenvalue weighted by molar-refractivity contribution is 0.0694. The van der Waals surface area contributed by atoms with Crippen LogP contribution in [0.3, 0.4) is 0 Å². The average molecular weight is 456 g/mol. The van der Waals surface area contributed by atoms with Crippen LogP contribution in [0.1, 0.15) is 42.2 Å². The Balaban J connectivity index is 1.93. The Hall–Kier alpha value is -3.17. The maximum Gasteiger partial charge on any atom is 0.341 e. The smallest absolute Gasteiger partial charge is 0.341 e. The van der Waals surface area contributed by atoms with E-state index in [4.69, 9.17) is 15.6 Å². The van der Waals surface area contributed by atoms with Crippen molar-refractivity contribution in [3.63, 3.8) is 0 Å². The number of aliphatic hydroxyl groups is 1. The lowest BCUT2D eigenvalue weighted by Crippen LogP contribution is -2.28. The fourth-order valence-electron chi connectivity index (χ4n) is 4.09. The Morgan fingerprint density at radius 3 is 2.75 bits per heavy atom. The zero-order valence-electron chi connectivity index (χ0n) is 17.9. The van der Waals surface area contributed by atoms with Crippen molar-refractivity contribution in [2.24, 2.45) is 5.92 Å². The zero-order valence-corrected chi connectivity index (χ0v) is 18.7. The number of hydrogen-bond donors (Lipinski definition) is 3. The molecule has 0 saturated carbocycles. The molecule has 0 spiro atoms. The lowest BCUT2D eigenvalue weighted by Gasteiger charge is -2.34. The van der Waals surface area contributed by atoms with Gasteiger partial charge in [-0.1, -0.05) is 13.8 Å². The molecule has 32 heavy (non-hydrogen) atoms. The molecule has 2 aromatic heterocycles. The molecule has 0 bridgehead atoms. The third-order valence-corrected chi connectivity index (χ3v) is 6.38. The number of carboxylic acids is 1. The molecular formula is C23H25N3O5S. The minimum absolute atomic E-state index is 0.0118. The van der Waals surface area contributed by atoms with Crippen LogP contribution in [0.5, 0.6) is 5.75 Å². The molecule has 4 N–H and O–H groups in total. The van der Waals surface area contributed by atoms with Gasteiger partial charge in [0.15, 0.2) is 10.6 Å². The van der Waals surface area contributed by atoms with Crippen molar-refractivity contribution in [3.05, 3.63) is 51.1 Å². The number of nitrogens with two attached hydrogens (primary N) is 1. The number of ether oxygens (including phenoxy) is 1. The van der Waals surface area contributed by atoms with Crippen LogP contribution in [0, 0.1) is 5.92 Å². The van der Waals surface area contributed by atoms with Crippen molar-refractivity contribution in [3.8, 4) is 28.3 Å². The third-order valence-electron chi connectivity index (χ3n) is 5.71. The summed E-state index contributed by atoms with van der Waals surface area (Å²) in [4.78, 5) is 28.5. The van der Waals surface area contributed by atoms with Gasteiger partial charge >= 0.3 is 5.97 Å². The summed E-state index contributed by atoms with van der Waals surface area (Å²) in [5.41, 5.74) is 9.01. The molecule has 3 heterocycles. The van der Waals surface area contributed by atoms with Crippen molar-refractivity contribution in [2.75, 3.05) is 18.9 Å². The number of hydrogen-bond acceptors (Lipinski definition) is 7. The van der Waals surface area contributed by atoms with Gasteiger partial charge in [0, 0.05) is 47.8 Å². The molecule has 1 atom stereocenters. The Bertz CT molecular complexity index is 1230. The number of rotatable bonds is 7. The van der Waals surface area contributed by atoms with E-state index < -0.39 is 11.4 Å². The first-order valence-corrected chi connectivity index (χ1v) is 11.3. The normalized spacial score (nSPS) is 14.8. The van der Waals surface area contributed by atoms with Crippen molar-refractivity contribution in [2.45, 2.75) is 32.7 Å². The predicted molar refractivity (Wildman–Crippen MR) is 123 cm³/mol. The minimum Gasteiger partial charge on any atom is -0.493 e. The monoisotopic (exact) mass is 455 g/mol. The summed E-state index contributed by atoms with van der Waals surface area (Å²) < 4.78 is 7.89. The maximum atomic E-state index is 12.5. The number of pyridine rings is 1. The second-order valence-corrected chi connectivity index (χ2v) is 9.06. The van der Waals surface area contributed by atoms with E-state index in [1.807, 2.05) is 22.1 Å². The number of nitrogen functional groups attached to an aromatic ring is 1. The van der Waals surface area contributed by atoms with Gasteiger partial charge < -0.3 is 25.3 Å². The van der Waals surface area contributed by atoms with Crippen molar-refractivity contribution in [1.82, 2.24) is 9.55 Å². The summed E-state index contributed by atoms with van der Waals surface area (Å²) in [6, 6.07) is 5.29. The fourth-order valence-corrected chi connectivity index (χ4v) is 4.65. The molecule has 8 nitrogen and oxygen atoms in total. The predicted octanol–water partition coefficient (Wildman–Crippen LogP) is 3.43. The first-order valence-electron chi connectivity index (χ1n) is 10.4. The minimum atomic E-state index is -1.23. The van der Waals surface area contributed by atoms with Gasteiger partial charge in [-0.25, -0.2) is 9.78 Å². The quantitative estimate of drug-likeness (QED) is 0.466. The van der Waals surface area contributed by atoms with Gasteiger partial charge in [-0.05, 0) is 30.0 Å². The number of carboxylic acid groups (broad SMARTS) is 1. The average Bonchev–Trinajstić information content (AvgIpc) is 3.18. The van der Waals surface area contributed by atoms with Gasteiger partial charge in [0.2, 0.25) is 0 Å². The Morgan fingerprint density at radius 2 is 2.12 bits per heavy atom. The van der Waals surface area contributed by atoms with Gasteiger partial charge in [-0.15, -0.1) is 11.3 Å². The Labute approximate surface area is 188 Å². The summed E-state index contributed by atoms with van der Waals surface area (Å²) in [7, 11) is 0. The number of aromatic carboxylic acids is 1. The van der Waals surface area contributed by atoms with Crippen LogP contribution in [0.15, 0.2) is 34.6 Å². The van der Waals surface area contributed by atoms with E-state index in [1.54, 1.807) is 0 Å². The third kappa shape index (κ3) is 4.01. The highest BCUT2D eigenvalue weighted by atomic mass is 32.1. The summed E-state index contributed by atoms with van der Waals surface area (Å²) in [6.07, 6.45) is 2.62. The number of aromatic nitrogens is 2. The van der Waals surface area contributed by atoms with E-state index in [2.05, 4.69) is 18.8 Å². The Kier molecular flexibility index (Phi) is 6.03. The number of carbonyl (C=O) groups is 1. The standard InChI is InChI=1S/C23H25N3O5S/c1-12(2)18-6-13-7-21(31-5-3-4-27)15(17-11-32-23(24)25-17)8-14(13)19-9-20(28)16(22(29)30)10-26(18)19/h7-12,18,27H,3-6H2,1-2H3,(H2,24,25)(H,29,30).